The molecule has 0 fully saturated rings. The number of hydrogen-bond acceptors (Lipinski definition) is 3. The minimum absolute atomic E-state index is 0.194. The molecule has 106 valence electrons. The molecule has 1 aromatic carbocycles. The van der Waals surface area contributed by atoms with E-state index < -0.39 is 16.1 Å². The van der Waals surface area contributed by atoms with E-state index in [-0.39, 0.29) is 6.61 Å². The summed E-state index contributed by atoms with van der Waals surface area (Å²) < 4.78 is 8.23. The van der Waals surface area contributed by atoms with E-state index in [1.807, 2.05) is 0 Å². The first kappa shape index (κ1) is 16.5. The van der Waals surface area contributed by atoms with E-state index in [2.05, 4.69) is 5.32 Å². The van der Waals surface area contributed by atoms with Gasteiger partial charge in [-0.15, -0.1) is 0 Å². The molecule has 1 N–H and O–H groups in total. The molecule has 0 aliphatic rings. The molecule has 4 nitrogen and oxygen atoms in total. The van der Waals surface area contributed by atoms with E-state index >= 15 is 0 Å². The predicted octanol–water partition coefficient (Wildman–Crippen LogP) is 4.16. The summed E-state index contributed by atoms with van der Waals surface area (Å²) in [5.74, 6) is 0.387. The number of halogens is 4. The monoisotopic (exact) mass is 345 g/mol. The molecule has 0 bridgehead atoms. The molecule has 8 heteroatoms. The Hall–Kier alpha value is -0.550. The van der Waals surface area contributed by atoms with Gasteiger partial charge < -0.3 is 9.47 Å². The van der Waals surface area contributed by atoms with E-state index in [0.29, 0.717) is 10.8 Å². The fourth-order valence-electron chi connectivity index (χ4n) is 1.11. The highest BCUT2D eigenvalue weighted by Gasteiger charge is 2.36. The molecule has 0 aromatic heterocycles. The summed E-state index contributed by atoms with van der Waals surface area (Å²) >= 11 is 22.9. The Balaban J connectivity index is 2.75. The van der Waals surface area contributed by atoms with Gasteiger partial charge in [0.1, 0.15) is 5.75 Å². The summed E-state index contributed by atoms with van der Waals surface area (Å²) in [7, 11) is 0. The predicted molar refractivity (Wildman–Crippen MR) is 76.3 cm³/mol. The smallest absolute Gasteiger partial charge is 0.410 e. The average Bonchev–Trinajstić information content (AvgIpc) is 2.30. The lowest BCUT2D eigenvalue weighted by atomic mass is 10.3. The first-order chi connectivity index (χ1) is 8.82. The molecule has 0 aliphatic carbocycles. The minimum atomic E-state index is -1.85. The lowest BCUT2D eigenvalue weighted by molar-refractivity contribution is 0.115. The van der Waals surface area contributed by atoms with Gasteiger partial charge in [0.15, 0.2) is 0 Å². The van der Waals surface area contributed by atoms with E-state index in [1.165, 1.54) is 0 Å². The van der Waals surface area contributed by atoms with E-state index in [1.54, 1.807) is 31.2 Å². The minimum Gasteiger partial charge on any atom is -0.466 e. The molecule has 1 aromatic rings. The molecule has 0 saturated carbocycles. The fraction of sp³-hybridized carbons (Fsp3) is 0.364. The van der Waals surface area contributed by atoms with Gasteiger partial charge in [0, 0.05) is 5.02 Å². The average molecular weight is 347 g/mol. The molecule has 0 spiro atoms. The number of benzene rings is 1. The highest BCUT2D eigenvalue weighted by Crippen LogP contribution is 2.32. The van der Waals surface area contributed by atoms with Gasteiger partial charge in [-0.05, 0) is 31.2 Å². The van der Waals surface area contributed by atoms with Crippen LogP contribution in [-0.4, -0.2) is 22.7 Å². The van der Waals surface area contributed by atoms with Crippen molar-refractivity contribution < 1.29 is 14.3 Å². The van der Waals surface area contributed by atoms with Crippen LogP contribution in [0.15, 0.2) is 24.3 Å². The topological polar surface area (TPSA) is 47.6 Å². The lowest BCUT2D eigenvalue weighted by Gasteiger charge is -2.25. The molecule has 0 saturated heterocycles. The number of rotatable bonds is 4. The first-order valence-corrected chi connectivity index (χ1v) is 6.76. The van der Waals surface area contributed by atoms with E-state index in [9.17, 15) is 4.79 Å². The van der Waals surface area contributed by atoms with Crippen molar-refractivity contribution in [3.05, 3.63) is 29.3 Å². The van der Waals surface area contributed by atoms with Gasteiger partial charge in [-0.1, -0.05) is 46.4 Å². The summed E-state index contributed by atoms with van der Waals surface area (Å²) in [6.45, 7) is 1.85. The van der Waals surface area contributed by atoms with Crippen LogP contribution in [0, 0.1) is 0 Å². The highest BCUT2D eigenvalue weighted by molar-refractivity contribution is 6.68. The van der Waals surface area contributed by atoms with Crippen molar-refractivity contribution in [1.82, 2.24) is 5.32 Å². The Bertz CT molecular complexity index is 419. The van der Waals surface area contributed by atoms with Gasteiger partial charge in [-0.3, -0.25) is 5.32 Å². The molecule has 0 unspecified atom stereocenters. The van der Waals surface area contributed by atoms with Gasteiger partial charge in [-0.2, -0.15) is 0 Å². The number of carbonyl (C=O) groups excluding carboxylic acids is 1. The summed E-state index contributed by atoms with van der Waals surface area (Å²) in [5.41, 5.74) is 0. The number of carbonyl (C=O) groups is 1. The molecular formula is C11H11Cl4NO3. The third-order valence-corrected chi connectivity index (χ3v) is 2.74. The van der Waals surface area contributed by atoms with Crippen molar-refractivity contribution in [3.63, 3.8) is 0 Å². The second kappa shape index (κ2) is 7.29. The second-order valence-electron chi connectivity index (χ2n) is 3.36. The third kappa shape index (κ3) is 5.95. The summed E-state index contributed by atoms with van der Waals surface area (Å²) in [4.78, 5) is 11.3. The number of nitrogens with one attached hydrogen (secondary N) is 1. The Morgan fingerprint density at radius 1 is 1.32 bits per heavy atom. The maximum Gasteiger partial charge on any atom is 0.410 e. The zero-order valence-corrected chi connectivity index (χ0v) is 12.9. The van der Waals surface area contributed by atoms with E-state index in [4.69, 9.17) is 55.9 Å². The number of amides is 1. The van der Waals surface area contributed by atoms with Gasteiger partial charge in [0.25, 0.3) is 0 Å². The SMILES string of the molecule is CCOC(=O)N[C@H](Oc1ccc(Cl)cc1)C(Cl)(Cl)Cl. The number of hydrogen-bond donors (Lipinski definition) is 1. The molecule has 1 atom stereocenters. The van der Waals surface area contributed by atoms with Crippen LogP contribution in [-0.2, 0) is 4.74 Å². The van der Waals surface area contributed by atoms with Crippen LogP contribution in [0.5, 0.6) is 5.75 Å². The van der Waals surface area contributed by atoms with Crippen LogP contribution in [0.2, 0.25) is 5.02 Å². The molecule has 0 heterocycles. The Morgan fingerprint density at radius 3 is 2.37 bits per heavy atom. The Kier molecular flexibility index (Phi) is 6.33. The first-order valence-electron chi connectivity index (χ1n) is 5.25. The molecule has 0 radical (unpaired) electrons. The highest BCUT2D eigenvalue weighted by atomic mass is 35.6. The van der Waals surface area contributed by atoms with Crippen molar-refractivity contribution in [2.24, 2.45) is 0 Å². The number of ether oxygens (including phenoxy) is 2. The van der Waals surface area contributed by atoms with Crippen LogP contribution < -0.4 is 10.1 Å². The largest absolute Gasteiger partial charge is 0.466 e. The van der Waals surface area contributed by atoms with Crippen LogP contribution >= 0.6 is 46.4 Å². The lowest BCUT2D eigenvalue weighted by Crippen LogP contribution is -2.48. The van der Waals surface area contributed by atoms with Gasteiger partial charge in [0.05, 0.1) is 6.61 Å². The Labute approximate surface area is 130 Å². The maximum atomic E-state index is 11.3. The van der Waals surface area contributed by atoms with Crippen LogP contribution in [0.4, 0.5) is 4.79 Å². The van der Waals surface area contributed by atoms with Crippen molar-refractivity contribution in [1.29, 1.82) is 0 Å². The molecule has 1 amide bonds. The third-order valence-electron chi connectivity index (χ3n) is 1.89. The standard InChI is InChI=1S/C11H11Cl4NO3/c1-2-18-10(17)16-9(11(13,14)15)19-8-5-3-7(12)4-6-8/h3-6,9H,2H2,1H3,(H,16,17)/t9-/m1/s1. The van der Waals surface area contributed by atoms with Crippen molar-refractivity contribution >= 4 is 52.5 Å². The molecular weight excluding hydrogens is 336 g/mol. The molecule has 19 heavy (non-hydrogen) atoms. The fourth-order valence-corrected chi connectivity index (χ4v) is 1.53. The maximum absolute atomic E-state index is 11.3. The van der Waals surface area contributed by atoms with E-state index in [0.717, 1.165) is 0 Å². The summed E-state index contributed by atoms with van der Waals surface area (Å²) in [6, 6.07) is 6.38. The van der Waals surface area contributed by atoms with Crippen molar-refractivity contribution in [2.45, 2.75) is 16.9 Å². The normalized spacial score (nSPS) is 12.7. The molecule has 1 rings (SSSR count). The Morgan fingerprint density at radius 2 is 1.89 bits per heavy atom. The van der Waals surface area contributed by atoms with Crippen molar-refractivity contribution in [2.75, 3.05) is 6.61 Å². The quantitative estimate of drug-likeness (QED) is 0.657. The van der Waals surface area contributed by atoms with Gasteiger partial charge in [0.2, 0.25) is 10.0 Å². The number of alkyl halides is 3. The van der Waals surface area contributed by atoms with Crippen LogP contribution in [0.1, 0.15) is 6.92 Å². The zero-order valence-electron chi connectivity index (χ0n) is 9.83. The second-order valence-corrected chi connectivity index (χ2v) is 6.16. The van der Waals surface area contributed by atoms with Crippen molar-refractivity contribution in [3.8, 4) is 5.75 Å². The van der Waals surface area contributed by atoms with Crippen LogP contribution in [0.3, 0.4) is 0 Å². The molecule has 0 aliphatic heterocycles. The number of alkyl carbamates (subject to hydrolysis) is 1. The summed E-state index contributed by atoms with van der Waals surface area (Å²) in [6.07, 6.45) is -1.94. The summed E-state index contributed by atoms with van der Waals surface area (Å²) in [5, 5.41) is 2.85. The van der Waals surface area contributed by atoms with Gasteiger partial charge >= 0.3 is 6.09 Å². The zero-order chi connectivity index (χ0) is 14.5. The van der Waals surface area contributed by atoms with Gasteiger partial charge in [-0.25, -0.2) is 4.79 Å². The van der Waals surface area contributed by atoms with Crippen LogP contribution in [0.25, 0.3) is 0 Å².